The van der Waals surface area contributed by atoms with E-state index in [1.807, 2.05) is 29.6 Å². The Hall–Kier alpha value is -1.40. The summed E-state index contributed by atoms with van der Waals surface area (Å²) in [5.74, 6) is 1.34. The Labute approximate surface area is 138 Å². The second kappa shape index (κ2) is 5.66. The van der Waals surface area contributed by atoms with Crippen molar-refractivity contribution in [1.29, 1.82) is 0 Å². The molecule has 6 heteroatoms. The lowest BCUT2D eigenvalue weighted by Gasteiger charge is -2.22. The van der Waals surface area contributed by atoms with E-state index in [-0.39, 0.29) is 4.08 Å². The highest BCUT2D eigenvalue weighted by molar-refractivity contribution is 8.20. The van der Waals surface area contributed by atoms with Crippen molar-refractivity contribution in [2.75, 3.05) is 25.6 Å². The molecule has 1 saturated heterocycles. The van der Waals surface area contributed by atoms with Gasteiger partial charge in [-0.15, -0.1) is 23.5 Å². The lowest BCUT2D eigenvalue weighted by Crippen LogP contribution is -2.29. The maximum absolute atomic E-state index is 12.2. The van der Waals surface area contributed by atoms with Crippen molar-refractivity contribution >= 4 is 46.1 Å². The second-order valence-electron chi connectivity index (χ2n) is 5.63. The van der Waals surface area contributed by atoms with E-state index in [1.165, 1.54) is 10.5 Å². The molecule has 2 heterocycles. The number of ketones is 1. The quantitative estimate of drug-likeness (QED) is 0.692. The molecule has 0 atom stereocenters. The van der Waals surface area contributed by atoms with E-state index in [2.05, 4.69) is 24.0 Å². The number of rotatable bonds is 3. The van der Waals surface area contributed by atoms with Crippen molar-refractivity contribution in [3.05, 3.63) is 35.5 Å². The third kappa shape index (κ3) is 2.54. The average molecular weight is 334 g/mol. The predicted molar refractivity (Wildman–Crippen MR) is 93.6 cm³/mol. The van der Waals surface area contributed by atoms with Gasteiger partial charge in [0.05, 0.1) is 9.64 Å². The number of amides is 1. The van der Waals surface area contributed by atoms with Crippen molar-refractivity contribution in [3.63, 3.8) is 0 Å². The Morgan fingerprint density at radius 3 is 2.55 bits per heavy atom. The largest absolute Gasteiger partial charge is 0.360 e. The predicted octanol–water partition coefficient (Wildman–Crippen LogP) is 3.09. The molecule has 1 aromatic heterocycles. The number of nitrogens with one attached hydrogen (secondary N) is 1. The highest BCUT2D eigenvalue weighted by atomic mass is 32.2. The van der Waals surface area contributed by atoms with Crippen molar-refractivity contribution in [1.82, 2.24) is 9.88 Å². The van der Waals surface area contributed by atoms with Crippen LogP contribution in [0, 0.1) is 0 Å². The minimum atomic E-state index is -0.501. The van der Waals surface area contributed by atoms with Crippen LogP contribution in [-0.4, -0.2) is 47.2 Å². The van der Waals surface area contributed by atoms with Crippen LogP contribution in [0.3, 0.4) is 0 Å². The molecule has 0 bridgehead atoms. The van der Waals surface area contributed by atoms with Crippen LogP contribution in [0.2, 0.25) is 0 Å². The van der Waals surface area contributed by atoms with Gasteiger partial charge in [0.1, 0.15) is 0 Å². The number of carbonyl (C=O) groups is 2. The number of benzene rings is 1. The summed E-state index contributed by atoms with van der Waals surface area (Å²) in [6, 6.07) is 6.11. The number of fused-ring (bicyclic) bond motifs is 1. The first kappa shape index (κ1) is 15.5. The van der Waals surface area contributed by atoms with Gasteiger partial charge in [0, 0.05) is 42.7 Å². The third-order valence-electron chi connectivity index (χ3n) is 3.89. The van der Waals surface area contributed by atoms with E-state index in [4.69, 9.17) is 0 Å². The Bertz CT molecular complexity index is 746. The van der Waals surface area contributed by atoms with Crippen LogP contribution in [0.1, 0.15) is 22.8 Å². The summed E-state index contributed by atoms with van der Waals surface area (Å²) in [5, 5.41) is 0.806. The zero-order chi connectivity index (χ0) is 15.9. The van der Waals surface area contributed by atoms with E-state index < -0.39 is 11.7 Å². The minimum absolute atomic E-state index is 0.0723. The number of thioether (sulfide) groups is 2. The van der Waals surface area contributed by atoms with Crippen LogP contribution in [0.15, 0.2) is 24.4 Å². The third-order valence-corrected chi connectivity index (χ3v) is 7.24. The van der Waals surface area contributed by atoms with Crippen molar-refractivity contribution < 1.29 is 9.59 Å². The lowest BCUT2D eigenvalue weighted by atomic mass is 10.1. The highest BCUT2D eigenvalue weighted by Crippen LogP contribution is 2.51. The normalized spacial score (nSPS) is 16.9. The molecule has 0 aliphatic carbocycles. The Balaban J connectivity index is 2.00. The molecule has 2 aromatic rings. The Morgan fingerprint density at radius 1 is 1.23 bits per heavy atom. The van der Waals surface area contributed by atoms with Gasteiger partial charge in [0.15, 0.2) is 0 Å². The van der Waals surface area contributed by atoms with Crippen molar-refractivity contribution in [2.45, 2.75) is 11.0 Å². The molecule has 3 rings (SSSR count). The molecule has 116 valence electrons. The lowest BCUT2D eigenvalue weighted by molar-refractivity contribution is -0.124. The minimum Gasteiger partial charge on any atom is -0.360 e. The van der Waals surface area contributed by atoms with Gasteiger partial charge in [0.25, 0.3) is 11.7 Å². The van der Waals surface area contributed by atoms with Gasteiger partial charge in [-0.25, -0.2) is 0 Å². The fourth-order valence-electron chi connectivity index (χ4n) is 2.60. The fraction of sp³-hybridized carbons (Fsp3) is 0.375. The first-order valence-corrected chi connectivity index (χ1v) is 9.05. The van der Waals surface area contributed by atoms with Crippen LogP contribution >= 0.6 is 23.5 Å². The maximum Gasteiger partial charge on any atom is 0.294 e. The molecule has 1 N–H and O–H groups in total. The van der Waals surface area contributed by atoms with Gasteiger partial charge < -0.3 is 9.88 Å². The zero-order valence-corrected chi connectivity index (χ0v) is 14.4. The number of nitrogens with zero attached hydrogens (tertiary/aromatic N) is 1. The summed E-state index contributed by atoms with van der Waals surface area (Å²) in [5.41, 5.74) is 2.59. The number of hydrogen-bond donors (Lipinski definition) is 1. The molecule has 0 unspecified atom stereocenters. The number of aromatic nitrogens is 1. The fourth-order valence-corrected chi connectivity index (χ4v) is 5.46. The van der Waals surface area contributed by atoms with Crippen LogP contribution in [0.4, 0.5) is 0 Å². The summed E-state index contributed by atoms with van der Waals surface area (Å²) in [6.07, 6.45) is 1.63. The monoisotopic (exact) mass is 334 g/mol. The zero-order valence-electron chi connectivity index (χ0n) is 12.8. The highest BCUT2D eigenvalue weighted by Gasteiger charge is 2.32. The molecule has 0 radical (unpaired) electrons. The molecule has 1 fully saturated rings. The topological polar surface area (TPSA) is 53.2 Å². The first-order chi connectivity index (χ1) is 10.4. The van der Waals surface area contributed by atoms with Gasteiger partial charge in [-0.3, -0.25) is 9.59 Å². The van der Waals surface area contributed by atoms with Gasteiger partial charge in [-0.05, 0) is 18.6 Å². The van der Waals surface area contributed by atoms with Gasteiger partial charge in [-0.1, -0.05) is 12.1 Å². The van der Waals surface area contributed by atoms with E-state index in [0.29, 0.717) is 5.56 Å². The van der Waals surface area contributed by atoms with Gasteiger partial charge in [-0.2, -0.15) is 0 Å². The van der Waals surface area contributed by atoms with Crippen LogP contribution in [0.5, 0.6) is 0 Å². The van der Waals surface area contributed by atoms with Gasteiger partial charge in [0.2, 0.25) is 0 Å². The molecule has 0 saturated carbocycles. The molecule has 1 aliphatic rings. The number of Topliss-reactive ketones (excluding diaryl/α,β-unsaturated/α-hetero) is 1. The van der Waals surface area contributed by atoms with E-state index >= 15 is 0 Å². The van der Waals surface area contributed by atoms with Crippen LogP contribution in [-0.2, 0) is 8.87 Å². The SMILES string of the molecule is CN(C)C(=O)C(=O)c1c[nH]c2cc(C3(C)SCCS3)ccc12. The van der Waals surface area contributed by atoms with E-state index in [1.54, 1.807) is 20.3 Å². The van der Waals surface area contributed by atoms with Crippen LogP contribution in [0.25, 0.3) is 10.9 Å². The molecular formula is C16H18N2O2S2. The number of carbonyl (C=O) groups excluding carboxylic acids is 2. The average Bonchev–Trinajstić information content (AvgIpc) is 3.12. The standard InChI is InChI=1S/C16H18N2O2S2/c1-16(21-6-7-22-16)10-4-5-11-12(9-17-13(11)8-10)14(19)15(20)18(2)3/h4-5,8-9,17H,6-7H2,1-3H3. The molecule has 1 amide bonds. The number of aromatic amines is 1. The summed E-state index contributed by atoms with van der Waals surface area (Å²) in [7, 11) is 3.17. The number of hydrogen-bond acceptors (Lipinski definition) is 4. The Morgan fingerprint density at radius 2 is 1.91 bits per heavy atom. The van der Waals surface area contributed by atoms with E-state index in [9.17, 15) is 9.59 Å². The Kier molecular flexibility index (Phi) is 3.99. The second-order valence-corrected chi connectivity index (χ2v) is 8.92. The molecule has 4 nitrogen and oxygen atoms in total. The summed E-state index contributed by atoms with van der Waals surface area (Å²) < 4.78 is 0.0723. The van der Waals surface area contributed by atoms with Crippen molar-refractivity contribution in [2.24, 2.45) is 0 Å². The summed E-state index contributed by atoms with van der Waals surface area (Å²) in [6.45, 7) is 2.24. The van der Waals surface area contributed by atoms with Gasteiger partial charge >= 0.3 is 0 Å². The summed E-state index contributed by atoms with van der Waals surface area (Å²) >= 11 is 3.90. The number of H-pyrrole nitrogens is 1. The summed E-state index contributed by atoms with van der Waals surface area (Å²) in [4.78, 5) is 28.6. The van der Waals surface area contributed by atoms with Crippen LogP contribution < -0.4 is 0 Å². The smallest absolute Gasteiger partial charge is 0.294 e. The van der Waals surface area contributed by atoms with Crippen molar-refractivity contribution in [3.8, 4) is 0 Å². The molecule has 1 aromatic carbocycles. The molecule has 0 spiro atoms. The maximum atomic E-state index is 12.2. The molecule has 22 heavy (non-hydrogen) atoms. The molecule has 1 aliphatic heterocycles. The van der Waals surface area contributed by atoms with E-state index in [0.717, 1.165) is 22.4 Å². The molecular weight excluding hydrogens is 316 g/mol. The first-order valence-electron chi connectivity index (χ1n) is 7.08. The number of likely N-dealkylation sites (N-methyl/N-ethyl adjacent to an activating group) is 1.